The van der Waals surface area contributed by atoms with Crippen molar-refractivity contribution in [2.24, 2.45) is 4.99 Å². The first-order valence-electron chi connectivity index (χ1n) is 3.98. The van der Waals surface area contributed by atoms with Crippen LogP contribution in [0.3, 0.4) is 0 Å². The number of rotatable bonds is 6. The minimum atomic E-state index is 0.106. The molecule has 0 amide bonds. The van der Waals surface area contributed by atoms with Gasteiger partial charge in [-0.05, 0) is 20.0 Å². The van der Waals surface area contributed by atoms with Crippen molar-refractivity contribution in [2.45, 2.75) is 19.8 Å². The van der Waals surface area contributed by atoms with Crippen molar-refractivity contribution in [2.75, 3.05) is 20.1 Å². The third kappa shape index (κ3) is 7.19. The van der Waals surface area contributed by atoms with E-state index in [9.17, 15) is 4.79 Å². The molecule has 0 aromatic rings. The molecule has 0 saturated carbocycles. The maximum Gasteiger partial charge on any atom is 0.173 e. The molecule has 11 heavy (non-hydrogen) atoms. The maximum atomic E-state index is 10.7. The van der Waals surface area contributed by atoms with Crippen molar-refractivity contribution in [3.8, 4) is 0 Å². The Balaban J connectivity index is 3.22. The first-order valence-corrected chi connectivity index (χ1v) is 3.98. The molecule has 0 radical (unpaired) electrons. The second-order valence-corrected chi connectivity index (χ2v) is 2.31. The minimum absolute atomic E-state index is 0.106. The predicted octanol–water partition coefficient (Wildman–Crippen LogP) is 0.646. The summed E-state index contributed by atoms with van der Waals surface area (Å²) < 4.78 is 0. The van der Waals surface area contributed by atoms with E-state index >= 15 is 0 Å². The zero-order valence-electron chi connectivity index (χ0n) is 7.26. The van der Waals surface area contributed by atoms with Crippen LogP contribution in [0.1, 0.15) is 19.8 Å². The molecule has 64 valence electrons. The highest BCUT2D eigenvalue weighted by Gasteiger charge is 1.88. The smallest absolute Gasteiger partial charge is 0.173 e. The van der Waals surface area contributed by atoms with E-state index in [1.807, 2.05) is 14.0 Å². The molecule has 0 aromatic carbocycles. The number of carbonyl (C=O) groups excluding carboxylic acids is 1. The van der Waals surface area contributed by atoms with E-state index in [0.29, 0.717) is 6.42 Å². The van der Waals surface area contributed by atoms with Gasteiger partial charge in [0.25, 0.3) is 0 Å². The van der Waals surface area contributed by atoms with Crippen molar-refractivity contribution in [1.82, 2.24) is 5.32 Å². The van der Waals surface area contributed by atoms with E-state index in [2.05, 4.69) is 10.3 Å². The van der Waals surface area contributed by atoms with Crippen molar-refractivity contribution < 1.29 is 4.79 Å². The highest BCUT2D eigenvalue weighted by atomic mass is 16.1. The van der Waals surface area contributed by atoms with E-state index in [1.165, 1.54) is 6.21 Å². The van der Waals surface area contributed by atoms with Gasteiger partial charge >= 0.3 is 0 Å². The fourth-order valence-corrected chi connectivity index (χ4v) is 0.605. The lowest BCUT2D eigenvalue weighted by Gasteiger charge is -1.92. The Kier molecular flexibility index (Phi) is 6.94. The largest absolute Gasteiger partial charge is 0.320 e. The molecule has 0 bridgehead atoms. The van der Waals surface area contributed by atoms with Gasteiger partial charge in [0, 0.05) is 13.0 Å². The van der Waals surface area contributed by atoms with Gasteiger partial charge in [0.15, 0.2) is 5.78 Å². The number of aliphatic imine (C=N–C) groups is 1. The Morgan fingerprint density at radius 1 is 1.64 bits per heavy atom. The molecular formula is C8H16N2O. The summed E-state index contributed by atoms with van der Waals surface area (Å²) in [5.41, 5.74) is 0. The topological polar surface area (TPSA) is 41.5 Å². The highest BCUT2D eigenvalue weighted by molar-refractivity contribution is 6.27. The first-order chi connectivity index (χ1) is 5.31. The summed E-state index contributed by atoms with van der Waals surface area (Å²) >= 11 is 0. The summed E-state index contributed by atoms with van der Waals surface area (Å²) in [6.45, 7) is 3.53. The number of carbonyl (C=O) groups is 1. The molecule has 3 heteroatoms. The second kappa shape index (κ2) is 7.41. The van der Waals surface area contributed by atoms with Crippen LogP contribution in [0.15, 0.2) is 4.99 Å². The van der Waals surface area contributed by atoms with E-state index in [0.717, 1.165) is 19.5 Å². The van der Waals surface area contributed by atoms with Crippen LogP contribution in [0.25, 0.3) is 0 Å². The van der Waals surface area contributed by atoms with E-state index < -0.39 is 0 Å². The number of hydrogen-bond acceptors (Lipinski definition) is 3. The Hall–Kier alpha value is -0.700. The predicted molar refractivity (Wildman–Crippen MR) is 47.2 cm³/mol. The molecule has 0 spiro atoms. The Morgan fingerprint density at radius 3 is 2.91 bits per heavy atom. The van der Waals surface area contributed by atoms with Gasteiger partial charge in [0.2, 0.25) is 0 Å². The van der Waals surface area contributed by atoms with Gasteiger partial charge in [-0.3, -0.25) is 9.79 Å². The van der Waals surface area contributed by atoms with E-state index in [1.54, 1.807) is 0 Å². The molecule has 0 unspecified atom stereocenters. The molecule has 0 saturated heterocycles. The van der Waals surface area contributed by atoms with Crippen LogP contribution in [-0.4, -0.2) is 32.1 Å². The lowest BCUT2D eigenvalue weighted by atomic mass is 10.3. The van der Waals surface area contributed by atoms with Crippen LogP contribution in [0.5, 0.6) is 0 Å². The van der Waals surface area contributed by atoms with E-state index in [4.69, 9.17) is 0 Å². The van der Waals surface area contributed by atoms with Gasteiger partial charge in [-0.2, -0.15) is 0 Å². The summed E-state index contributed by atoms with van der Waals surface area (Å²) in [6.07, 6.45) is 2.97. The Morgan fingerprint density at radius 2 is 2.36 bits per heavy atom. The number of Topliss-reactive ketones (excluding diaryl/α,β-unsaturated/α-hetero) is 1. The van der Waals surface area contributed by atoms with Crippen molar-refractivity contribution in [3.05, 3.63) is 0 Å². The van der Waals surface area contributed by atoms with Gasteiger partial charge in [0.1, 0.15) is 0 Å². The third-order valence-corrected chi connectivity index (χ3v) is 1.30. The zero-order chi connectivity index (χ0) is 8.53. The average Bonchev–Trinajstić information content (AvgIpc) is 2.04. The monoisotopic (exact) mass is 156 g/mol. The minimum Gasteiger partial charge on any atom is -0.320 e. The molecular weight excluding hydrogens is 140 g/mol. The number of ketones is 1. The van der Waals surface area contributed by atoms with Crippen LogP contribution in [0.4, 0.5) is 0 Å². The molecule has 0 fully saturated rings. The van der Waals surface area contributed by atoms with Crippen LogP contribution in [0, 0.1) is 0 Å². The summed E-state index contributed by atoms with van der Waals surface area (Å²) in [6, 6.07) is 0. The molecule has 0 aliphatic heterocycles. The Labute approximate surface area is 67.9 Å². The van der Waals surface area contributed by atoms with Gasteiger partial charge in [0.05, 0.1) is 6.21 Å². The molecule has 0 aliphatic carbocycles. The van der Waals surface area contributed by atoms with Gasteiger partial charge in [-0.25, -0.2) is 0 Å². The molecule has 0 aromatic heterocycles. The molecule has 0 heterocycles. The third-order valence-electron chi connectivity index (χ3n) is 1.30. The Bertz CT molecular complexity index is 132. The fourth-order valence-electron chi connectivity index (χ4n) is 0.605. The number of nitrogens with one attached hydrogen (secondary N) is 1. The van der Waals surface area contributed by atoms with Gasteiger partial charge in [-0.15, -0.1) is 0 Å². The van der Waals surface area contributed by atoms with Crippen LogP contribution in [0.2, 0.25) is 0 Å². The zero-order valence-corrected chi connectivity index (χ0v) is 7.26. The molecule has 0 atom stereocenters. The molecule has 3 nitrogen and oxygen atoms in total. The quantitative estimate of drug-likeness (QED) is 0.453. The SMILES string of the molecule is CCC(=O)C=NCCCNC. The molecule has 1 N–H and O–H groups in total. The van der Waals surface area contributed by atoms with Crippen molar-refractivity contribution in [1.29, 1.82) is 0 Å². The van der Waals surface area contributed by atoms with Crippen molar-refractivity contribution >= 4 is 12.0 Å². The van der Waals surface area contributed by atoms with Gasteiger partial charge in [-0.1, -0.05) is 6.92 Å². The normalized spacial score (nSPS) is 10.7. The van der Waals surface area contributed by atoms with E-state index in [-0.39, 0.29) is 5.78 Å². The average molecular weight is 156 g/mol. The first kappa shape index (κ1) is 10.3. The standard InChI is InChI=1S/C8H16N2O/c1-3-8(11)7-10-6-4-5-9-2/h7,9H,3-6H2,1-2H3. The molecule has 0 rings (SSSR count). The lowest BCUT2D eigenvalue weighted by molar-refractivity contribution is -0.112. The van der Waals surface area contributed by atoms with Gasteiger partial charge < -0.3 is 5.32 Å². The molecule has 0 aliphatic rings. The maximum absolute atomic E-state index is 10.7. The number of hydrogen-bond donors (Lipinski definition) is 1. The summed E-state index contributed by atoms with van der Waals surface area (Å²) in [4.78, 5) is 14.6. The summed E-state index contributed by atoms with van der Waals surface area (Å²) in [7, 11) is 1.90. The summed E-state index contributed by atoms with van der Waals surface area (Å²) in [5.74, 6) is 0.106. The summed E-state index contributed by atoms with van der Waals surface area (Å²) in [5, 5.41) is 3.01. The van der Waals surface area contributed by atoms with Crippen LogP contribution >= 0.6 is 0 Å². The lowest BCUT2D eigenvalue weighted by Crippen LogP contribution is -2.08. The van der Waals surface area contributed by atoms with Crippen LogP contribution < -0.4 is 5.32 Å². The highest BCUT2D eigenvalue weighted by Crippen LogP contribution is 1.79. The second-order valence-electron chi connectivity index (χ2n) is 2.31. The van der Waals surface area contributed by atoms with Crippen LogP contribution in [-0.2, 0) is 4.79 Å². The van der Waals surface area contributed by atoms with Crippen molar-refractivity contribution in [3.63, 3.8) is 0 Å². The number of nitrogens with zero attached hydrogens (tertiary/aromatic N) is 1. The fraction of sp³-hybridized carbons (Fsp3) is 0.750.